The first-order valence-corrected chi connectivity index (χ1v) is 7.42. The summed E-state index contributed by atoms with van der Waals surface area (Å²) in [4.78, 5) is 11.7. The molecule has 112 valence electrons. The quantitative estimate of drug-likeness (QED) is 0.859. The molecular weight excluding hydrogens is 346 g/mol. The van der Waals surface area contributed by atoms with Crippen LogP contribution in [0.1, 0.15) is 26.3 Å². The fourth-order valence-electron chi connectivity index (χ4n) is 1.59. The van der Waals surface area contributed by atoms with Gasteiger partial charge in [-0.25, -0.2) is 4.79 Å². The van der Waals surface area contributed by atoms with Crippen LogP contribution in [0.15, 0.2) is 22.7 Å². The van der Waals surface area contributed by atoms with Gasteiger partial charge in [-0.1, -0.05) is 33.6 Å². The van der Waals surface area contributed by atoms with Gasteiger partial charge in [0.1, 0.15) is 5.60 Å². The lowest BCUT2D eigenvalue weighted by Gasteiger charge is -2.23. The summed E-state index contributed by atoms with van der Waals surface area (Å²) in [5.74, 6) is 0. The third-order valence-corrected chi connectivity index (χ3v) is 3.40. The number of aliphatic hydroxyl groups excluding tert-OH is 1. The van der Waals surface area contributed by atoms with E-state index in [2.05, 4.69) is 21.2 Å². The molecule has 0 spiro atoms. The number of aliphatic hydroxyl groups is 1. The van der Waals surface area contributed by atoms with E-state index in [0.717, 1.165) is 10.0 Å². The Labute approximate surface area is 132 Å². The highest BCUT2D eigenvalue weighted by atomic mass is 79.9. The number of nitrogens with one attached hydrogen (secondary N) is 1. The van der Waals surface area contributed by atoms with E-state index < -0.39 is 17.7 Å². The molecule has 1 aromatic carbocycles. The van der Waals surface area contributed by atoms with E-state index in [1.54, 1.807) is 32.9 Å². The van der Waals surface area contributed by atoms with Crippen molar-refractivity contribution in [3.63, 3.8) is 0 Å². The average Bonchev–Trinajstić information content (AvgIpc) is 2.29. The van der Waals surface area contributed by atoms with Crippen molar-refractivity contribution in [1.29, 1.82) is 0 Å². The summed E-state index contributed by atoms with van der Waals surface area (Å²) in [6, 6.07) is 4.98. The number of halogens is 2. The molecule has 1 atom stereocenters. The molecule has 0 saturated heterocycles. The van der Waals surface area contributed by atoms with Crippen molar-refractivity contribution < 1.29 is 14.6 Å². The van der Waals surface area contributed by atoms with Gasteiger partial charge in [-0.2, -0.15) is 0 Å². The van der Waals surface area contributed by atoms with E-state index in [4.69, 9.17) is 16.3 Å². The second-order valence-electron chi connectivity index (χ2n) is 5.47. The summed E-state index contributed by atoms with van der Waals surface area (Å²) < 4.78 is 6.01. The van der Waals surface area contributed by atoms with Crippen LogP contribution in [-0.2, 0) is 11.2 Å². The summed E-state index contributed by atoms with van der Waals surface area (Å²) in [5, 5.41) is 12.6. The summed E-state index contributed by atoms with van der Waals surface area (Å²) >= 11 is 9.29. The maximum Gasteiger partial charge on any atom is 0.407 e. The van der Waals surface area contributed by atoms with Crippen molar-refractivity contribution in [2.45, 2.75) is 38.8 Å². The SMILES string of the molecule is CC(C)(C)OC(=O)NC(CO)Cc1ccc(Cl)cc1Br. The molecule has 0 aliphatic carbocycles. The van der Waals surface area contributed by atoms with Gasteiger partial charge < -0.3 is 15.2 Å². The first kappa shape index (κ1) is 17.3. The summed E-state index contributed by atoms with van der Waals surface area (Å²) in [5.41, 5.74) is 0.384. The maximum absolute atomic E-state index is 11.7. The number of rotatable bonds is 4. The summed E-state index contributed by atoms with van der Waals surface area (Å²) in [6.07, 6.45) is -0.0605. The highest BCUT2D eigenvalue weighted by Crippen LogP contribution is 2.22. The monoisotopic (exact) mass is 363 g/mol. The van der Waals surface area contributed by atoms with Crippen molar-refractivity contribution in [2.75, 3.05) is 6.61 Å². The zero-order chi connectivity index (χ0) is 15.3. The van der Waals surface area contributed by atoms with Gasteiger partial charge >= 0.3 is 6.09 Å². The van der Waals surface area contributed by atoms with E-state index >= 15 is 0 Å². The molecular formula is C14H19BrClNO3. The number of carbonyl (C=O) groups is 1. The fraction of sp³-hybridized carbons (Fsp3) is 0.500. The standard InChI is InChI=1S/C14H19BrClNO3/c1-14(2,3)20-13(19)17-11(8-18)6-9-4-5-10(16)7-12(9)15/h4-5,7,11,18H,6,8H2,1-3H3,(H,17,19). The predicted molar refractivity (Wildman–Crippen MR) is 83.1 cm³/mol. The molecule has 0 aliphatic heterocycles. The van der Waals surface area contributed by atoms with Crippen molar-refractivity contribution in [3.05, 3.63) is 33.3 Å². The number of hydrogen-bond acceptors (Lipinski definition) is 3. The van der Waals surface area contributed by atoms with Crippen LogP contribution in [0.2, 0.25) is 5.02 Å². The Bertz CT molecular complexity index is 474. The lowest BCUT2D eigenvalue weighted by molar-refractivity contribution is 0.0483. The Kier molecular flexibility index (Phi) is 6.30. The van der Waals surface area contributed by atoms with E-state index in [0.29, 0.717) is 11.4 Å². The molecule has 0 fully saturated rings. The van der Waals surface area contributed by atoms with Gasteiger partial charge in [-0.05, 0) is 44.9 Å². The van der Waals surface area contributed by atoms with Gasteiger partial charge in [0, 0.05) is 9.50 Å². The van der Waals surface area contributed by atoms with E-state index in [-0.39, 0.29) is 6.61 Å². The molecule has 1 aromatic rings. The van der Waals surface area contributed by atoms with E-state index in [9.17, 15) is 9.90 Å². The first-order chi connectivity index (χ1) is 9.21. The molecule has 20 heavy (non-hydrogen) atoms. The largest absolute Gasteiger partial charge is 0.444 e. The average molecular weight is 365 g/mol. The molecule has 0 aromatic heterocycles. The van der Waals surface area contributed by atoms with Gasteiger partial charge in [0.15, 0.2) is 0 Å². The lowest BCUT2D eigenvalue weighted by atomic mass is 10.1. The van der Waals surface area contributed by atoms with Crippen LogP contribution in [0.3, 0.4) is 0 Å². The molecule has 1 rings (SSSR count). The summed E-state index contributed by atoms with van der Waals surface area (Å²) in [7, 11) is 0. The third kappa shape index (κ3) is 6.11. The first-order valence-electron chi connectivity index (χ1n) is 6.25. The number of ether oxygens (including phenoxy) is 1. The Balaban J connectivity index is 2.65. The maximum atomic E-state index is 11.7. The molecule has 1 unspecified atom stereocenters. The number of benzene rings is 1. The van der Waals surface area contributed by atoms with Crippen molar-refractivity contribution >= 4 is 33.6 Å². The van der Waals surface area contributed by atoms with Gasteiger partial charge in [-0.15, -0.1) is 0 Å². The molecule has 0 heterocycles. The normalized spacial score (nSPS) is 12.9. The minimum Gasteiger partial charge on any atom is -0.444 e. The Hall–Kier alpha value is -0.780. The Morgan fingerprint density at radius 1 is 1.50 bits per heavy atom. The van der Waals surface area contributed by atoms with Crippen LogP contribution in [0.25, 0.3) is 0 Å². The zero-order valence-corrected chi connectivity index (χ0v) is 14.1. The van der Waals surface area contributed by atoms with E-state index in [1.807, 2.05) is 6.07 Å². The second-order valence-corrected chi connectivity index (χ2v) is 6.76. The highest BCUT2D eigenvalue weighted by molar-refractivity contribution is 9.10. The van der Waals surface area contributed by atoms with Crippen LogP contribution in [0, 0.1) is 0 Å². The molecule has 1 amide bonds. The summed E-state index contributed by atoms with van der Waals surface area (Å²) in [6.45, 7) is 5.19. The van der Waals surface area contributed by atoms with Gasteiger partial charge in [0.2, 0.25) is 0 Å². The van der Waals surface area contributed by atoms with Crippen LogP contribution < -0.4 is 5.32 Å². The molecule has 4 nitrogen and oxygen atoms in total. The predicted octanol–water partition coefficient (Wildman–Crippen LogP) is 3.53. The third-order valence-electron chi connectivity index (χ3n) is 2.42. The van der Waals surface area contributed by atoms with Gasteiger partial charge in [0.25, 0.3) is 0 Å². The highest BCUT2D eigenvalue weighted by Gasteiger charge is 2.19. The van der Waals surface area contributed by atoms with E-state index in [1.165, 1.54) is 0 Å². The van der Waals surface area contributed by atoms with Crippen LogP contribution in [-0.4, -0.2) is 29.4 Å². The molecule has 0 aliphatic rings. The number of hydrogen-bond donors (Lipinski definition) is 2. The van der Waals surface area contributed by atoms with Gasteiger partial charge in [-0.3, -0.25) is 0 Å². The minimum absolute atomic E-state index is 0.172. The van der Waals surface area contributed by atoms with Crippen molar-refractivity contribution in [3.8, 4) is 0 Å². The lowest BCUT2D eigenvalue weighted by Crippen LogP contribution is -2.42. The molecule has 0 bridgehead atoms. The van der Waals surface area contributed by atoms with Crippen LogP contribution in [0.5, 0.6) is 0 Å². The minimum atomic E-state index is -0.565. The molecule has 0 radical (unpaired) electrons. The Morgan fingerprint density at radius 2 is 2.15 bits per heavy atom. The number of carbonyl (C=O) groups excluding carboxylic acids is 1. The molecule has 6 heteroatoms. The fourth-order valence-corrected chi connectivity index (χ4v) is 2.43. The molecule has 0 saturated carbocycles. The van der Waals surface area contributed by atoms with Gasteiger partial charge in [0.05, 0.1) is 12.6 Å². The topological polar surface area (TPSA) is 58.6 Å². The van der Waals surface area contributed by atoms with Crippen molar-refractivity contribution in [1.82, 2.24) is 5.32 Å². The zero-order valence-electron chi connectivity index (χ0n) is 11.7. The van der Waals surface area contributed by atoms with Crippen LogP contribution in [0.4, 0.5) is 4.79 Å². The van der Waals surface area contributed by atoms with Crippen molar-refractivity contribution in [2.24, 2.45) is 0 Å². The number of alkyl carbamates (subject to hydrolysis) is 1. The molecule has 2 N–H and O–H groups in total. The number of amides is 1. The van der Waals surface area contributed by atoms with Crippen LogP contribution >= 0.6 is 27.5 Å². The second kappa shape index (κ2) is 7.29. The smallest absolute Gasteiger partial charge is 0.407 e. The Morgan fingerprint density at radius 3 is 2.65 bits per heavy atom.